The average Bonchev–Trinajstić information content (AvgIpc) is 2.74. The lowest BCUT2D eigenvalue weighted by Crippen LogP contribution is -2.04. The molecule has 2 atom stereocenters. The highest BCUT2D eigenvalue weighted by Gasteiger charge is 2.26. The van der Waals surface area contributed by atoms with E-state index in [1.54, 1.807) is 11.3 Å². The van der Waals surface area contributed by atoms with Crippen molar-refractivity contribution in [3.8, 4) is 0 Å². The van der Waals surface area contributed by atoms with Crippen LogP contribution in [0.1, 0.15) is 29.3 Å². The maximum atomic E-state index is 5.51. The van der Waals surface area contributed by atoms with Crippen LogP contribution < -0.4 is 5.32 Å². The summed E-state index contributed by atoms with van der Waals surface area (Å²) in [6.07, 6.45) is 1.45. The normalized spacial score (nSPS) is 27.0. The third-order valence-electron chi connectivity index (χ3n) is 2.36. The summed E-state index contributed by atoms with van der Waals surface area (Å²) in [6, 6.07) is 0. The van der Waals surface area contributed by atoms with Crippen molar-refractivity contribution in [2.24, 2.45) is 0 Å². The van der Waals surface area contributed by atoms with Gasteiger partial charge in [-0.05, 0) is 20.4 Å². The minimum Gasteiger partial charge on any atom is -0.378 e. The smallest absolute Gasteiger partial charge is 0.131 e. The molecule has 0 amide bonds. The molecule has 0 radical (unpaired) electrons. The Hall–Kier alpha value is -0.520. The van der Waals surface area contributed by atoms with E-state index in [0.717, 1.165) is 29.6 Å². The van der Waals surface area contributed by atoms with Gasteiger partial charge in [0.1, 0.15) is 10.0 Å². The molecule has 14 heavy (non-hydrogen) atoms. The first-order valence-corrected chi connectivity index (χ1v) is 5.69. The average molecular weight is 213 g/mol. The van der Waals surface area contributed by atoms with Crippen molar-refractivity contribution in [3.05, 3.63) is 10.0 Å². The Balaban J connectivity index is 2.02. The van der Waals surface area contributed by atoms with Crippen LogP contribution in [0.2, 0.25) is 0 Å². The molecule has 1 aromatic rings. The van der Waals surface area contributed by atoms with Crippen LogP contribution in [-0.2, 0) is 11.3 Å². The minimum atomic E-state index is 0.372. The van der Waals surface area contributed by atoms with Crippen LogP contribution in [0, 0.1) is 0 Å². The molecule has 4 nitrogen and oxygen atoms in total. The molecule has 2 unspecified atom stereocenters. The Morgan fingerprint density at radius 2 is 2.43 bits per heavy atom. The summed E-state index contributed by atoms with van der Waals surface area (Å²) in [5, 5.41) is 13.6. The maximum absolute atomic E-state index is 5.51. The van der Waals surface area contributed by atoms with Crippen LogP contribution in [0.4, 0.5) is 0 Å². The molecule has 0 saturated carbocycles. The van der Waals surface area contributed by atoms with Gasteiger partial charge in [0.2, 0.25) is 0 Å². The fraction of sp³-hybridized carbons (Fsp3) is 0.778. The summed E-state index contributed by atoms with van der Waals surface area (Å²) in [6.45, 7) is 3.71. The van der Waals surface area contributed by atoms with E-state index in [0.29, 0.717) is 12.0 Å². The molecule has 1 saturated heterocycles. The number of nitrogens with one attached hydrogen (secondary N) is 1. The highest BCUT2D eigenvalue weighted by molar-refractivity contribution is 7.11. The zero-order chi connectivity index (χ0) is 9.97. The predicted octanol–water partition coefficient (Wildman–Crippen LogP) is 1.15. The maximum Gasteiger partial charge on any atom is 0.131 e. The molecule has 2 heterocycles. The third-order valence-corrected chi connectivity index (χ3v) is 3.44. The molecular weight excluding hydrogens is 198 g/mol. The van der Waals surface area contributed by atoms with Crippen molar-refractivity contribution in [3.63, 3.8) is 0 Å². The summed E-state index contributed by atoms with van der Waals surface area (Å²) in [7, 11) is 1.92. The van der Waals surface area contributed by atoms with Crippen LogP contribution in [0.5, 0.6) is 0 Å². The van der Waals surface area contributed by atoms with Crippen molar-refractivity contribution in [1.82, 2.24) is 15.5 Å². The van der Waals surface area contributed by atoms with E-state index >= 15 is 0 Å². The minimum absolute atomic E-state index is 0.372. The van der Waals surface area contributed by atoms with Crippen LogP contribution in [0.3, 0.4) is 0 Å². The Labute approximate surface area is 87.7 Å². The van der Waals surface area contributed by atoms with Gasteiger partial charge >= 0.3 is 0 Å². The fourth-order valence-electron chi connectivity index (χ4n) is 1.64. The first kappa shape index (κ1) is 10.0. The van der Waals surface area contributed by atoms with E-state index in [9.17, 15) is 0 Å². The Morgan fingerprint density at radius 1 is 1.57 bits per heavy atom. The van der Waals surface area contributed by atoms with Gasteiger partial charge in [-0.25, -0.2) is 0 Å². The Morgan fingerprint density at radius 3 is 3.07 bits per heavy atom. The topological polar surface area (TPSA) is 47.0 Å². The number of ether oxygens (including phenoxy) is 1. The summed E-state index contributed by atoms with van der Waals surface area (Å²) in [5.41, 5.74) is 0. The first-order chi connectivity index (χ1) is 6.79. The van der Waals surface area contributed by atoms with Gasteiger partial charge in [-0.1, -0.05) is 11.3 Å². The van der Waals surface area contributed by atoms with Gasteiger partial charge in [0.05, 0.1) is 12.7 Å². The SMILES string of the molecule is CNCc1nnc(C2COC(C)C2)s1. The van der Waals surface area contributed by atoms with E-state index in [1.807, 2.05) is 7.05 Å². The number of aromatic nitrogens is 2. The van der Waals surface area contributed by atoms with Crippen molar-refractivity contribution >= 4 is 11.3 Å². The number of hydrogen-bond acceptors (Lipinski definition) is 5. The fourth-order valence-corrected chi connectivity index (χ4v) is 2.60. The van der Waals surface area contributed by atoms with Gasteiger partial charge in [0.25, 0.3) is 0 Å². The zero-order valence-corrected chi connectivity index (χ0v) is 9.30. The van der Waals surface area contributed by atoms with Crippen LogP contribution in [0.25, 0.3) is 0 Å². The van der Waals surface area contributed by atoms with Gasteiger partial charge in [0, 0.05) is 12.5 Å². The lowest BCUT2D eigenvalue weighted by Gasteiger charge is -1.99. The van der Waals surface area contributed by atoms with E-state index in [-0.39, 0.29) is 0 Å². The van der Waals surface area contributed by atoms with Gasteiger partial charge < -0.3 is 10.1 Å². The summed E-state index contributed by atoms with van der Waals surface area (Å²) in [4.78, 5) is 0. The van der Waals surface area contributed by atoms with Gasteiger partial charge in [0.15, 0.2) is 0 Å². The molecule has 1 aliphatic rings. The molecule has 1 fully saturated rings. The Kier molecular flexibility index (Phi) is 3.10. The van der Waals surface area contributed by atoms with E-state index in [4.69, 9.17) is 4.74 Å². The van der Waals surface area contributed by atoms with Crippen molar-refractivity contribution in [2.75, 3.05) is 13.7 Å². The molecule has 0 bridgehead atoms. The van der Waals surface area contributed by atoms with Crippen LogP contribution in [-0.4, -0.2) is 30.0 Å². The standard InChI is InChI=1S/C9H15N3OS/c1-6-3-7(5-13-6)9-12-11-8(14-9)4-10-2/h6-7,10H,3-5H2,1-2H3. The molecular formula is C9H15N3OS. The second kappa shape index (κ2) is 4.33. The number of nitrogens with zero attached hydrogens (tertiary/aromatic N) is 2. The summed E-state index contributed by atoms with van der Waals surface area (Å²) < 4.78 is 5.51. The lowest BCUT2D eigenvalue weighted by atomic mass is 10.1. The molecule has 0 spiro atoms. The first-order valence-electron chi connectivity index (χ1n) is 4.88. The predicted molar refractivity (Wildman–Crippen MR) is 55.4 cm³/mol. The van der Waals surface area contributed by atoms with E-state index < -0.39 is 0 Å². The lowest BCUT2D eigenvalue weighted by molar-refractivity contribution is 0.123. The summed E-state index contributed by atoms with van der Waals surface area (Å²) >= 11 is 1.69. The quantitative estimate of drug-likeness (QED) is 0.818. The van der Waals surface area contributed by atoms with Crippen molar-refractivity contribution < 1.29 is 4.74 Å². The second-order valence-corrected chi connectivity index (χ2v) is 4.73. The molecule has 1 N–H and O–H groups in total. The zero-order valence-electron chi connectivity index (χ0n) is 8.49. The monoisotopic (exact) mass is 213 g/mol. The van der Waals surface area contributed by atoms with Crippen molar-refractivity contribution in [2.45, 2.75) is 31.9 Å². The Bertz CT molecular complexity index is 302. The highest BCUT2D eigenvalue weighted by atomic mass is 32.1. The number of hydrogen-bond donors (Lipinski definition) is 1. The van der Waals surface area contributed by atoms with Crippen LogP contribution >= 0.6 is 11.3 Å². The molecule has 78 valence electrons. The van der Waals surface area contributed by atoms with Gasteiger partial charge in [-0.2, -0.15) is 0 Å². The second-order valence-electron chi connectivity index (χ2n) is 3.64. The van der Waals surface area contributed by atoms with Crippen molar-refractivity contribution in [1.29, 1.82) is 0 Å². The van der Waals surface area contributed by atoms with Gasteiger partial charge in [-0.15, -0.1) is 10.2 Å². The van der Waals surface area contributed by atoms with Gasteiger partial charge in [-0.3, -0.25) is 0 Å². The van der Waals surface area contributed by atoms with E-state index in [1.165, 1.54) is 0 Å². The molecule has 0 aliphatic carbocycles. The number of rotatable bonds is 3. The van der Waals surface area contributed by atoms with E-state index in [2.05, 4.69) is 22.4 Å². The molecule has 0 aromatic carbocycles. The van der Waals surface area contributed by atoms with Crippen LogP contribution in [0.15, 0.2) is 0 Å². The highest BCUT2D eigenvalue weighted by Crippen LogP contribution is 2.30. The molecule has 1 aliphatic heterocycles. The molecule has 1 aromatic heterocycles. The summed E-state index contributed by atoms with van der Waals surface area (Å²) in [5.74, 6) is 0.466. The third kappa shape index (κ3) is 2.10. The molecule has 2 rings (SSSR count). The molecule has 5 heteroatoms. The largest absolute Gasteiger partial charge is 0.378 e.